The number of anilines is 1. The van der Waals surface area contributed by atoms with Gasteiger partial charge in [0.25, 0.3) is 0 Å². The summed E-state index contributed by atoms with van der Waals surface area (Å²) in [7, 11) is 1.65. The van der Waals surface area contributed by atoms with Gasteiger partial charge in [0, 0.05) is 12.5 Å². The summed E-state index contributed by atoms with van der Waals surface area (Å²) in [6, 6.07) is 9.95. The summed E-state index contributed by atoms with van der Waals surface area (Å²) in [6.45, 7) is 4.63. The van der Waals surface area contributed by atoms with Gasteiger partial charge in [0.15, 0.2) is 0 Å². The number of aromatic nitrogens is 1. The van der Waals surface area contributed by atoms with Crippen LogP contribution in [0.1, 0.15) is 36.9 Å². The van der Waals surface area contributed by atoms with Gasteiger partial charge in [0.1, 0.15) is 11.8 Å². The summed E-state index contributed by atoms with van der Waals surface area (Å²) in [5.74, 6) is 2.04. The van der Waals surface area contributed by atoms with Crippen molar-refractivity contribution < 1.29 is 9.15 Å². The molecule has 0 unspecified atom stereocenters. The molecule has 0 bridgehead atoms. The zero-order chi connectivity index (χ0) is 15.2. The van der Waals surface area contributed by atoms with Gasteiger partial charge < -0.3 is 14.5 Å². The maximum absolute atomic E-state index is 9.06. The minimum absolute atomic E-state index is 0.161. The molecule has 5 heteroatoms. The summed E-state index contributed by atoms with van der Waals surface area (Å²) in [5, 5.41) is 12.2. The quantitative estimate of drug-likeness (QED) is 0.881. The van der Waals surface area contributed by atoms with Crippen molar-refractivity contribution in [3.63, 3.8) is 0 Å². The van der Waals surface area contributed by atoms with Gasteiger partial charge in [0.05, 0.1) is 7.11 Å². The van der Waals surface area contributed by atoms with Crippen molar-refractivity contribution in [1.29, 1.82) is 5.26 Å². The number of methoxy groups -OCH3 is 1. The average Bonchev–Trinajstić information content (AvgIpc) is 2.91. The molecule has 1 heterocycles. The molecule has 0 fully saturated rings. The molecule has 0 aliphatic heterocycles. The smallest absolute Gasteiger partial charge is 0.232 e. The molecule has 0 spiro atoms. The third kappa shape index (κ3) is 3.76. The molecular formula is C16H19N3O2. The molecule has 110 valence electrons. The standard InChI is InChI=1S/C16H19N3O2/c1-11(2)15-19-14(10-17)16(21-15)18-9-8-12-4-6-13(20-3)7-5-12/h4-7,11,18H,8-9H2,1-3H3. The van der Waals surface area contributed by atoms with E-state index in [1.54, 1.807) is 7.11 Å². The van der Waals surface area contributed by atoms with Gasteiger partial charge in [-0.2, -0.15) is 5.26 Å². The highest BCUT2D eigenvalue weighted by Crippen LogP contribution is 2.22. The third-order valence-electron chi connectivity index (χ3n) is 3.10. The highest BCUT2D eigenvalue weighted by atomic mass is 16.5. The van der Waals surface area contributed by atoms with Crippen LogP contribution < -0.4 is 10.1 Å². The Hall–Kier alpha value is -2.48. The molecule has 0 radical (unpaired) electrons. The van der Waals surface area contributed by atoms with Crippen molar-refractivity contribution in [2.45, 2.75) is 26.2 Å². The third-order valence-corrected chi connectivity index (χ3v) is 3.10. The van der Waals surface area contributed by atoms with Crippen LogP contribution in [0.25, 0.3) is 0 Å². The maximum atomic E-state index is 9.06. The molecule has 2 rings (SSSR count). The molecule has 2 aromatic rings. The highest BCUT2D eigenvalue weighted by molar-refractivity contribution is 5.45. The second kappa shape index (κ2) is 6.80. The van der Waals surface area contributed by atoms with Crippen LogP contribution >= 0.6 is 0 Å². The van der Waals surface area contributed by atoms with Crippen LogP contribution in [0.4, 0.5) is 5.88 Å². The van der Waals surface area contributed by atoms with Crippen molar-refractivity contribution in [2.24, 2.45) is 0 Å². The van der Waals surface area contributed by atoms with Crippen LogP contribution in [0, 0.1) is 11.3 Å². The Kier molecular flexibility index (Phi) is 4.83. The van der Waals surface area contributed by atoms with Crippen LogP contribution in [0.3, 0.4) is 0 Å². The molecule has 1 aromatic heterocycles. The first-order valence-corrected chi connectivity index (χ1v) is 6.91. The summed E-state index contributed by atoms with van der Waals surface area (Å²) in [6.07, 6.45) is 0.826. The minimum atomic E-state index is 0.161. The van der Waals surface area contributed by atoms with E-state index in [1.807, 2.05) is 38.1 Å². The van der Waals surface area contributed by atoms with E-state index in [-0.39, 0.29) is 5.92 Å². The van der Waals surface area contributed by atoms with Crippen LogP contribution in [0.15, 0.2) is 28.7 Å². The predicted octanol–water partition coefficient (Wildman–Crippen LogP) is 3.33. The Morgan fingerprint density at radius 1 is 1.33 bits per heavy atom. The molecule has 5 nitrogen and oxygen atoms in total. The van der Waals surface area contributed by atoms with Gasteiger partial charge in [-0.15, -0.1) is 0 Å². The van der Waals surface area contributed by atoms with Gasteiger partial charge in [-0.05, 0) is 24.1 Å². The highest BCUT2D eigenvalue weighted by Gasteiger charge is 2.14. The number of hydrogen-bond acceptors (Lipinski definition) is 5. The van der Waals surface area contributed by atoms with E-state index in [0.29, 0.717) is 24.0 Å². The molecule has 0 saturated heterocycles. The lowest BCUT2D eigenvalue weighted by Gasteiger charge is -2.05. The molecule has 0 aliphatic carbocycles. The number of nitrogens with zero attached hydrogens (tertiary/aromatic N) is 2. The Labute approximate surface area is 124 Å². The van der Waals surface area contributed by atoms with Crippen molar-refractivity contribution in [3.8, 4) is 11.8 Å². The van der Waals surface area contributed by atoms with Crippen LogP contribution in [0.5, 0.6) is 5.75 Å². The van der Waals surface area contributed by atoms with E-state index < -0.39 is 0 Å². The lowest BCUT2D eigenvalue weighted by molar-refractivity contribution is 0.414. The van der Waals surface area contributed by atoms with E-state index >= 15 is 0 Å². The second-order valence-corrected chi connectivity index (χ2v) is 5.02. The zero-order valence-electron chi connectivity index (χ0n) is 12.5. The largest absolute Gasteiger partial charge is 0.497 e. The average molecular weight is 285 g/mol. The monoisotopic (exact) mass is 285 g/mol. The van der Waals surface area contributed by atoms with Crippen molar-refractivity contribution in [1.82, 2.24) is 4.98 Å². The molecule has 21 heavy (non-hydrogen) atoms. The number of rotatable bonds is 6. The number of oxazole rings is 1. The summed E-state index contributed by atoms with van der Waals surface area (Å²) in [4.78, 5) is 4.17. The van der Waals surface area contributed by atoms with Crippen molar-refractivity contribution in [3.05, 3.63) is 41.4 Å². The molecule has 0 amide bonds. The maximum Gasteiger partial charge on any atom is 0.232 e. The lowest BCUT2D eigenvalue weighted by Crippen LogP contribution is -2.05. The van der Waals surface area contributed by atoms with Crippen LogP contribution in [-0.2, 0) is 6.42 Å². The zero-order valence-corrected chi connectivity index (χ0v) is 12.5. The molecule has 1 aromatic carbocycles. The fraction of sp³-hybridized carbons (Fsp3) is 0.375. The van der Waals surface area contributed by atoms with E-state index in [0.717, 1.165) is 12.2 Å². The molecule has 0 atom stereocenters. The Morgan fingerprint density at radius 3 is 2.62 bits per heavy atom. The summed E-state index contributed by atoms with van der Waals surface area (Å²) < 4.78 is 10.7. The summed E-state index contributed by atoms with van der Waals surface area (Å²) >= 11 is 0. The molecule has 0 saturated carbocycles. The van der Waals surface area contributed by atoms with E-state index in [4.69, 9.17) is 14.4 Å². The molecule has 1 N–H and O–H groups in total. The fourth-order valence-corrected chi connectivity index (χ4v) is 1.89. The Balaban J connectivity index is 1.95. The van der Waals surface area contributed by atoms with Gasteiger partial charge in [-0.25, -0.2) is 4.98 Å². The minimum Gasteiger partial charge on any atom is -0.497 e. The first-order chi connectivity index (χ1) is 10.1. The van der Waals surface area contributed by atoms with Gasteiger partial charge in [-0.1, -0.05) is 26.0 Å². The van der Waals surface area contributed by atoms with Gasteiger partial charge in [0.2, 0.25) is 17.5 Å². The fourth-order valence-electron chi connectivity index (χ4n) is 1.89. The van der Waals surface area contributed by atoms with Gasteiger partial charge >= 0.3 is 0 Å². The summed E-state index contributed by atoms with van der Waals surface area (Å²) in [5.41, 5.74) is 1.50. The van der Waals surface area contributed by atoms with E-state index in [1.165, 1.54) is 5.56 Å². The SMILES string of the molecule is COc1ccc(CCNc2oc(C(C)C)nc2C#N)cc1. The lowest BCUT2D eigenvalue weighted by atomic mass is 10.1. The first kappa shape index (κ1) is 14.9. The number of nitriles is 1. The van der Waals surface area contributed by atoms with Crippen LogP contribution in [-0.4, -0.2) is 18.6 Å². The number of ether oxygens (including phenoxy) is 1. The van der Waals surface area contributed by atoms with Crippen molar-refractivity contribution >= 4 is 5.88 Å². The number of nitrogens with one attached hydrogen (secondary N) is 1. The van der Waals surface area contributed by atoms with Crippen LogP contribution in [0.2, 0.25) is 0 Å². The predicted molar refractivity (Wildman–Crippen MR) is 80.5 cm³/mol. The molecular weight excluding hydrogens is 266 g/mol. The molecule has 0 aliphatic rings. The van der Waals surface area contributed by atoms with Crippen molar-refractivity contribution in [2.75, 3.05) is 19.0 Å². The van der Waals surface area contributed by atoms with Gasteiger partial charge in [-0.3, -0.25) is 0 Å². The number of hydrogen-bond donors (Lipinski definition) is 1. The second-order valence-electron chi connectivity index (χ2n) is 5.02. The van der Waals surface area contributed by atoms with E-state index in [9.17, 15) is 0 Å². The first-order valence-electron chi connectivity index (χ1n) is 6.91. The number of benzene rings is 1. The Morgan fingerprint density at radius 2 is 2.05 bits per heavy atom. The normalized spacial score (nSPS) is 10.4. The topological polar surface area (TPSA) is 71.1 Å². The Bertz CT molecular complexity index is 624. The van der Waals surface area contributed by atoms with E-state index in [2.05, 4.69) is 16.4 Å².